The van der Waals surface area contributed by atoms with Crippen LogP contribution in [0.1, 0.15) is 19.3 Å². The second-order valence-electron chi connectivity index (χ2n) is 3.40. The molecule has 1 atom stereocenters. The summed E-state index contributed by atoms with van der Waals surface area (Å²) < 4.78 is 4.61. The lowest BCUT2D eigenvalue weighted by atomic mass is 10.2. The van der Waals surface area contributed by atoms with Crippen LogP contribution in [0.5, 0.6) is 0 Å². The molecule has 0 radical (unpaired) electrons. The molecule has 4 nitrogen and oxygen atoms in total. The third-order valence-electron chi connectivity index (χ3n) is 2.31. The van der Waals surface area contributed by atoms with Crippen LogP contribution < -0.4 is 5.43 Å². The van der Waals surface area contributed by atoms with Gasteiger partial charge in [0.2, 0.25) is 0 Å². The van der Waals surface area contributed by atoms with Crippen LogP contribution in [0.3, 0.4) is 0 Å². The lowest BCUT2D eigenvalue weighted by Crippen LogP contribution is -2.45. The number of hydrogen-bond acceptors (Lipinski definition) is 4. The first kappa shape index (κ1) is 11.9. The molecule has 14 heavy (non-hydrogen) atoms. The Bertz CT molecular complexity index is 184. The standard InChI is InChI=1S/C9H17BrN2O2/c1-14-9(13)8(10)7-11-12-5-3-2-4-6-12/h8,11H,2-7H2,1H3. The van der Waals surface area contributed by atoms with E-state index in [1.807, 2.05) is 0 Å². The number of methoxy groups -OCH3 is 1. The minimum atomic E-state index is -0.255. The van der Waals surface area contributed by atoms with Crippen LogP contribution in [-0.4, -0.2) is 42.5 Å². The van der Waals surface area contributed by atoms with Gasteiger partial charge >= 0.3 is 5.97 Å². The summed E-state index contributed by atoms with van der Waals surface area (Å²) in [5, 5.41) is 2.17. The third-order valence-corrected chi connectivity index (χ3v) is 3.00. The topological polar surface area (TPSA) is 41.6 Å². The van der Waals surface area contributed by atoms with Crippen molar-refractivity contribution in [2.75, 3.05) is 26.7 Å². The number of alkyl halides is 1. The zero-order valence-electron chi connectivity index (χ0n) is 8.46. The zero-order chi connectivity index (χ0) is 10.4. The van der Waals surface area contributed by atoms with Gasteiger partial charge in [0, 0.05) is 19.6 Å². The second-order valence-corrected chi connectivity index (χ2v) is 4.51. The first-order chi connectivity index (χ1) is 6.74. The molecular formula is C9H17BrN2O2. The summed E-state index contributed by atoms with van der Waals surface area (Å²) in [7, 11) is 1.40. The second kappa shape index (κ2) is 6.37. The van der Waals surface area contributed by atoms with E-state index in [0.717, 1.165) is 13.1 Å². The number of rotatable bonds is 4. The van der Waals surface area contributed by atoms with E-state index in [4.69, 9.17) is 0 Å². The summed E-state index contributed by atoms with van der Waals surface area (Å²) in [5.41, 5.74) is 3.22. The van der Waals surface area contributed by atoms with Crippen molar-refractivity contribution < 1.29 is 9.53 Å². The highest BCUT2D eigenvalue weighted by Crippen LogP contribution is 2.07. The van der Waals surface area contributed by atoms with Crippen molar-refractivity contribution in [1.29, 1.82) is 0 Å². The molecule has 1 aliphatic rings. The van der Waals surface area contributed by atoms with Gasteiger partial charge in [0.25, 0.3) is 0 Å². The minimum Gasteiger partial charge on any atom is -0.468 e. The smallest absolute Gasteiger partial charge is 0.320 e. The Balaban J connectivity index is 2.15. The van der Waals surface area contributed by atoms with Gasteiger partial charge in [-0.2, -0.15) is 0 Å². The molecule has 1 heterocycles. The van der Waals surface area contributed by atoms with Crippen molar-refractivity contribution >= 4 is 21.9 Å². The Morgan fingerprint density at radius 1 is 1.50 bits per heavy atom. The molecule has 1 N–H and O–H groups in total. The molecule has 1 unspecified atom stereocenters. The monoisotopic (exact) mass is 264 g/mol. The first-order valence-corrected chi connectivity index (χ1v) is 5.86. The molecule has 0 aliphatic carbocycles. The summed E-state index contributed by atoms with van der Waals surface area (Å²) in [6.07, 6.45) is 3.78. The number of nitrogens with one attached hydrogen (secondary N) is 1. The number of ether oxygens (including phenoxy) is 1. The quantitative estimate of drug-likeness (QED) is 0.606. The van der Waals surface area contributed by atoms with Crippen molar-refractivity contribution in [2.24, 2.45) is 0 Å². The van der Waals surface area contributed by atoms with E-state index in [1.165, 1.54) is 26.4 Å². The van der Waals surface area contributed by atoms with Crippen molar-refractivity contribution in [1.82, 2.24) is 10.4 Å². The molecule has 1 aliphatic heterocycles. The third kappa shape index (κ3) is 3.94. The maximum Gasteiger partial charge on any atom is 0.320 e. The van der Waals surface area contributed by atoms with Crippen LogP contribution in [0.4, 0.5) is 0 Å². The Kier molecular flexibility index (Phi) is 5.44. The van der Waals surface area contributed by atoms with Gasteiger partial charge in [-0.3, -0.25) is 10.2 Å². The lowest BCUT2D eigenvalue weighted by Gasteiger charge is -2.27. The number of nitrogens with zero attached hydrogens (tertiary/aromatic N) is 1. The Labute approximate surface area is 93.1 Å². The summed E-state index contributed by atoms with van der Waals surface area (Å²) in [5.74, 6) is -0.227. The summed E-state index contributed by atoms with van der Waals surface area (Å²) in [4.78, 5) is 10.8. The summed E-state index contributed by atoms with van der Waals surface area (Å²) in [6, 6.07) is 0. The van der Waals surface area contributed by atoms with Gasteiger partial charge in [-0.05, 0) is 12.8 Å². The normalized spacial score (nSPS) is 20.4. The molecular weight excluding hydrogens is 248 g/mol. The molecule has 0 aromatic rings. The van der Waals surface area contributed by atoms with Gasteiger partial charge in [-0.15, -0.1) is 0 Å². The average Bonchev–Trinajstić information content (AvgIpc) is 2.26. The van der Waals surface area contributed by atoms with Gasteiger partial charge in [-0.25, -0.2) is 5.01 Å². The maximum atomic E-state index is 11.1. The number of halogens is 1. The van der Waals surface area contributed by atoms with E-state index in [1.54, 1.807) is 0 Å². The first-order valence-electron chi connectivity index (χ1n) is 4.94. The molecule has 5 heteroatoms. The van der Waals surface area contributed by atoms with Gasteiger partial charge in [0.05, 0.1) is 7.11 Å². The number of hydrogen-bond donors (Lipinski definition) is 1. The minimum absolute atomic E-state index is 0.227. The maximum absolute atomic E-state index is 11.1. The fourth-order valence-electron chi connectivity index (χ4n) is 1.47. The molecule has 1 fully saturated rings. The van der Waals surface area contributed by atoms with Crippen LogP contribution in [-0.2, 0) is 9.53 Å². The Morgan fingerprint density at radius 2 is 2.14 bits per heavy atom. The Morgan fingerprint density at radius 3 is 2.71 bits per heavy atom. The van der Waals surface area contributed by atoms with Crippen LogP contribution in [0.15, 0.2) is 0 Å². The van der Waals surface area contributed by atoms with Crippen molar-refractivity contribution in [3.05, 3.63) is 0 Å². The number of hydrazine groups is 1. The lowest BCUT2D eigenvalue weighted by molar-refractivity contribution is -0.139. The van der Waals surface area contributed by atoms with Gasteiger partial charge in [-0.1, -0.05) is 22.4 Å². The predicted octanol–water partition coefficient (Wildman–Crippen LogP) is 0.913. The largest absolute Gasteiger partial charge is 0.468 e. The summed E-state index contributed by atoms with van der Waals surface area (Å²) in [6.45, 7) is 2.73. The molecule has 1 saturated heterocycles. The molecule has 0 aromatic carbocycles. The van der Waals surface area contributed by atoms with Gasteiger partial charge in [0.1, 0.15) is 4.83 Å². The van der Waals surface area contributed by atoms with E-state index >= 15 is 0 Å². The average molecular weight is 265 g/mol. The van der Waals surface area contributed by atoms with Crippen LogP contribution in [0, 0.1) is 0 Å². The number of esters is 1. The molecule has 82 valence electrons. The van der Waals surface area contributed by atoms with Gasteiger partial charge in [0.15, 0.2) is 0 Å². The molecule has 0 amide bonds. The molecule has 0 aromatic heterocycles. The molecule has 0 saturated carbocycles. The van der Waals surface area contributed by atoms with Crippen molar-refractivity contribution in [3.8, 4) is 0 Å². The van der Waals surface area contributed by atoms with E-state index in [9.17, 15) is 4.79 Å². The number of carbonyl (C=O) groups is 1. The molecule has 0 bridgehead atoms. The Hall–Kier alpha value is -0.130. The predicted molar refractivity (Wildman–Crippen MR) is 58.2 cm³/mol. The number of piperidine rings is 1. The van der Waals surface area contributed by atoms with Crippen LogP contribution in [0.2, 0.25) is 0 Å². The SMILES string of the molecule is COC(=O)C(Br)CNN1CCCCC1. The number of carbonyl (C=O) groups excluding carboxylic acids is 1. The fourth-order valence-corrected chi connectivity index (χ4v) is 1.80. The van der Waals surface area contributed by atoms with Crippen LogP contribution in [0.25, 0.3) is 0 Å². The van der Waals surface area contributed by atoms with Crippen molar-refractivity contribution in [2.45, 2.75) is 24.1 Å². The highest BCUT2D eigenvalue weighted by atomic mass is 79.9. The summed E-state index contributed by atoms with van der Waals surface area (Å²) >= 11 is 3.27. The van der Waals surface area contributed by atoms with Crippen LogP contribution >= 0.6 is 15.9 Å². The highest BCUT2D eigenvalue weighted by molar-refractivity contribution is 9.10. The molecule has 0 spiro atoms. The zero-order valence-corrected chi connectivity index (χ0v) is 10.0. The van der Waals surface area contributed by atoms with E-state index in [2.05, 4.69) is 31.1 Å². The van der Waals surface area contributed by atoms with E-state index < -0.39 is 0 Å². The van der Waals surface area contributed by atoms with Gasteiger partial charge < -0.3 is 4.74 Å². The van der Waals surface area contributed by atoms with E-state index in [-0.39, 0.29) is 10.8 Å². The molecule has 1 rings (SSSR count). The van der Waals surface area contributed by atoms with E-state index in [0.29, 0.717) is 6.54 Å². The van der Waals surface area contributed by atoms with Crippen molar-refractivity contribution in [3.63, 3.8) is 0 Å². The fraction of sp³-hybridized carbons (Fsp3) is 0.889. The highest BCUT2D eigenvalue weighted by Gasteiger charge is 2.17.